The van der Waals surface area contributed by atoms with Crippen molar-refractivity contribution in [2.24, 2.45) is 0 Å². The Morgan fingerprint density at radius 2 is 1.64 bits per heavy atom. The van der Waals surface area contributed by atoms with Crippen LogP contribution in [-0.2, 0) is 9.59 Å². The van der Waals surface area contributed by atoms with E-state index < -0.39 is 17.7 Å². The number of anilines is 1. The van der Waals surface area contributed by atoms with Gasteiger partial charge in [-0.05, 0) is 60.9 Å². The summed E-state index contributed by atoms with van der Waals surface area (Å²) < 4.78 is 21.7. The largest absolute Gasteiger partial charge is 0.507 e. The Hall–Kier alpha value is -4.46. The van der Waals surface area contributed by atoms with Crippen molar-refractivity contribution in [3.05, 3.63) is 82.4 Å². The molecule has 1 saturated heterocycles. The molecule has 0 spiro atoms. The molecule has 1 fully saturated rings. The molecule has 1 atom stereocenters. The summed E-state index contributed by atoms with van der Waals surface area (Å²) in [7, 11) is 3.03. The molecule has 2 aliphatic rings. The fourth-order valence-corrected chi connectivity index (χ4v) is 4.52. The van der Waals surface area contributed by atoms with Crippen LogP contribution in [0, 0.1) is 13.8 Å². The van der Waals surface area contributed by atoms with Gasteiger partial charge in [-0.2, -0.15) is 0 Å². The number of ketones is 1. The summed E-state index contributed by atoms with van der Waals surface area (Å²) in [5.41, 5.74) is 3.42. The number of methoxy groups -OCH3 is 2. The highest BCUT2D eigenvalue weighted by atomic mass is 16.7. The minimum absolute atomic E-state index is 0.0202. The standard InChI is InChI=1S/C28H25NO7/c1-15-5-6-18(11-16(15)2)26(30)24-25(17-7-9-20(33-3)22(12-17)34-4)29(28(32)27(24)31)19-8-10-21-23(13-19)36-14-35-21/h5-13,25,30H,14H2,1-4H3/b26-24+. The number of amides is 1. The zero-order valence-electron chi connectivity index (χ0n) is 20.3. The van der Waals surface area contributed by atoms with Gasteiger partial charge in [0, 0.05) is 17.3 Å². The molecule has 8 nitrogen and oxygen atoms in total. The van der Waals surface area contributed by atoms with E-state index in [2.05, 4.69) is 0 Å². The predicted octanol–water partition coefficient (Wildman–Crippen LogP) is 4.68. The highest BCUT2D eigenvalue weighted by Crippen LogP contribution is 2.46. The molecule has 2 heterocycles. The third kappa shape index (κ3) is 3.71. The number of Topliss-reactive ketones (excluding diaryl/α,β-unsaturated/α-hetero) is 1. The zero-order chi connectivity index (χ0) is 25.6. The van der Waals surface area contributed by atoms with Gasteiger partial charge in [0.25, 0.3) is 11.7 Å². The molecular weight excluding hydrogens is 462 g/mol. The Labute approximate surface area is 208 Å². The van der Waals surface area contributed by atoms with Gasteiger partial charge in [0.1, 0.15) is 5.76 Å². The lowest BCUT2D eigenvalue weighted by atomic mass is 9.94. The number of carbonyl (C=O) groups is 2. The second-order valence-corrected chi connectivity index (χ2v) is 8.62. The number of fused-ring (bicyclic) bond motifs is 1. The number of nitrogens with zero attached hydrogens (tertiary/aromatic N) is 1. The Kier molecular flexibility index (Phi) is 5.80. The van der Waals surface area contributed by atoms with Crippen LogP contribution in [0.3, 0.4) is 0 Å². The van der Waals surface area contributed by atoms with E-state index >= 15 is 0 Å². The summed E-state index contributed by atoms with van der Waals surface area (Å²) in [6, 6.07) is 14.6. The highest BCUT2D eigenvalue weighted by molar-refractivity contribution is 6.51. The van der Waals surface area contributed by atoms with Crippen LogP contribution in [0.25, 0.3) is 5.76 Å². The third-order valence-electron chi connectivity index (χ3n) is 6.58. The van der Waals surface area contributed by atoms with Crippen molar-refractivity contribution < 1.29 is 33.6 Å². The lowest BCUT2D eigenvalue weighted by Crippen LogP contribution is -2.29. The van der Waals surface area contributed by atoms with Crippen LogP contribution in [0.1, 0.15) is 28.3 Å². The fraction of sp³-hybridized carbons (Fsp3) is 0.214. The first-order valence-electron chi connectivity index (χ1n) is 11.3. The highest BCUT2D eigenvalue weighted by Gasteiger charge is 2.47. The molecular formula is C28H25NO7. The number of aliphatic hydroxyl groups is 1. The van der Waals surface area contributed by atoms with Gasteiger partial charge in [-0.1, -0.05) is 18.2 Å². The van der Waals surface area contributed by atoms with Crippen LogP contribution < -0.4 is 23.8 Å². The fourth-order valence-electron chi connectivity index (χ4n) is 4.52. The van der Waals surface area contributed by atoms with Gasteiger partial charge >= 0.3 is 0 Å². The molecule has 0 saturated carbocycles. The van der Waals surface area contributed by atoms with Crippen molar-refractivity contribution in [1.29, 1.82) is 0 Å². The molecule has 3 aromatic rings. The Balaban J connectivity index is 1.73. The molecule has 0 aromatic heterocycles. The predicted molar refractivity (Wildman–Crippen MR) is 133 cm³/mol. The SMILES string of the molecule is COc1ccc(C2/C(=C(\O)c3ccc(C)c(C)c3)C(=O)C(=O)N2c2ccc3c(c2)OCO3)cc1OC. The molecule has 1 N–H and O–H groups in total. The summed E-state index contributed by atoms with van der Waals surface area (Å²) in [5.74, 6) is 0.136. The minimum Gasteiger partial charge on any atom is -0.507 e. The van der Waals surface area contributed by atoms with E-state index in [-0.39, 0.29) is 18.1 Å². The quantitative estimate of drug-likeness (QED) is 0.317. The average molecular weight is 488 g/mol. The van der Waals surface area contributed by atoms with Gasteiger partial charge in [-0.15, -0.1) is 0 Å². The molecule has 1 unspecified atom stereocenters. The lowest BCUT2D eigenvalue weighted by molar-refractivity contribution is -0.132. The molecule has 3 aromatic carbocycles. The Morgan fingerprint density at radius 3 is 2.36 bits per heavy atom. The molecule has 36 heavy (non-hydrogen) atoms. The van der Waals surface area contributed by atoms with E-state index in [1.165, 1.54) is 19.1 Å². The van der Waals surface area contributed by atoms with Crippen LogP contribution in [-0.4, -0.2) is 37.8 Å². The molecule has 0 bridgehead atoms. The molecule has 5 rings (SSSR count). The van der Waals surface area contributed by atoms with Gasteiger partial charge in [0.05, 0.1) is 25.8 Å². The average Bonchev–Trinajstić information content (AvgIpc) is 3.46. The van der Waals surface area contributed by atoms with Gasteiger partial charge in [-0.25, -0.2) is 0 Å². The van der Waals surface area contributed by atoms with Crippen molar-refractivity contribution in [1.82, 2.24) is 0 Å². The van der Waals surface area contributed by atoms with E-state index in [0.717, 1.165) is 11.1 Å². The molecule has 0 radical (unpaired) electrons. The van der Waals surface area contributed by atoms with E-state index in [0.29, 0.717) is 39.8 Å². The Bertz CT molecular complexity index is 1430. The van der Waals surface area contributed by atoms with Crippen LogP contribution in [0.4, 0.5) is 5.69 Å². The number of hydrogen-bond acceptors (Lipinski definition) is 7. The topological polar surface area (TPSA) is 94.5 Å². The van der Waals surface area contributed by atoms with Gasteiger partial charge in [-0.3, -0.25) is 14.5 Å². The number of carbonyl (C=O) groups excluding carboxylic acids is 2. The molecule has 2 aliphatic heterocycles. The molecule has 8 heteroatoms. The van der Waals surface area contributed by atoms with Crippen LogP contribution in [0.15, 0.2) is 60.2 Å². The van der Waals surface area contributed by atoms with Crippen molar-refractivity contribution >= 4 is 23.1 Å². The van der Waals surface area contributed by atoms with E-state index in [1.54, 1.807) is 48.5 Å². The maximum absolute atomic E-state index is 13.4. The second-order valence-electron chi connectivity index (χ2n) is 8.62. The molecule has 0 aliphatic carbocycles. The number of rotatable bonds is 5. The lowest BCUT2D eigenvalue weighted by Gasteiger charge is -2.26. The van der Waals surface area contributed by atoms with E-state index in [1.807, 2.05) is 19.9 Å². The maximum atomic E-state index is 13.4. The first-order valence-corrected chi connectivity index (χ1v) is 11.3. The smallest absolute Gasteiger partial charge is 0.300 e. The van der Waals surface area contributed by atoms with Crippen LogP contribution >= 0.6 is 0 Å². The zero-order valence-corrected chi connectivity index (χ0v) is 20.3. The summed E-state index contributed by atoms with van der Waals surface area (Å²) >= 11 is 0. The summed E-state index contributed by atoms with van der Waals surface area (Å²) in [6.07, 6.45) is 0. The number of hydrogen-bond donors (Lipinski definition) is 1. The summed E-state index contributed by atoms with van der Waals surface area (Å²) in [6.45, 7) is 3.95. The first-order chi connectivity index (χ1) is 17.3. The van der Waals surface area contributed by atoms with Gasteiger partial charge in [0.2, 0.25) is 6.79 Å². The minimum atomic E-state index is -0.924. The molecule has 1 amide bonds. The Morgan fingerprint density at radius 1 is 0.889 bits per heavy atom. The van der Waals surface area contributed by atoms with Gasteiger partial charge < -0.3 is 24.1 Å². The van der Waals surface area contributed by atoms with Crippen molar-refractivity contribution in [2.45, 2.75) is 19.9 Å². The number of ether oxygens (including phenoxy) is 4. The molecule has 184 valence electrons. The van der Waals surface area contributed by atoms with Crippen molar-refractivity contribution in [3.63, 3.8) is 0 Å². The number of aryl methyl sites for hydroxylation is 2. The van der Waals surface area contributed by atoms with E-state index in [4.69, 9.17) is 18.9 Å². The second kappa shape index (κ2) is 8.96. The van der Waals surface area contributed by atoms with Gasteiger partial charge in [0.15, 0.2) is 23.0 Å². The van der Waals surface area contributed by atoms with Crippen LogP contribution in [0.2, 0.25) is 0 Å². The number of aliphatic hydroxyl groups excluding tert-OH is 1. The first kappa shape index (κ1) is 23.3. The van der Waals surface area contributed by atoms with Crippen LogP contribution in [0.5, 0.6) is 23.0 Å². The monoisotopic (exact) mass is 487 g/mol. The maximum Gasteiger partial charge on any atom is 0.300 e. The third-order valence-corrected chi connectivity index (χ3v) is 6.58. The summed E-state index contributed by atoms with van der Waals surface area (Å²) in [5, 5.41) is 11.4. The summed E-state index contributed by atoms with van der Waals surface area (Å²) in [4.78, 5) is 28.2. The van der Waals surface area contributed by atoms with Crippen molar-refractivity contribution in [2.75, 3.05) is 25.9 Å². The number of benzene rings is 3. The van der Waals surface area contributed by atoms with E-state index in [9.17, 15) is 14.7 Å². The normalized spacial score (nSPS) is 18.0. The van der Waals surface area contributed by atoms with Crippen molar-refractivity contribution in [3.8, 4) is 23.0 Å².